The van der Waals surface area contributed by atoms with Gasteiger partial charge in [0.2, 0.25) is 0 Å². The summed E-state index contributed by atoms with van der Waals surface area (Å²) in [6.07, 6.45) is 8.32. The molecule has 0 bridgehead atoms. The zero-order valence-corrected chi connectivity index (χ0v) is 23.8. The number of aliphatic carboxylic acids is 4. The summed E-state index contributed by atoms with van der Waals surface area (Å²) in [5.74, 6) is -7.77. The van der Waals surface area contributed by atoms with Crippen molar-refractivity contribution >= 4 is 29.7 Å². The van der Waals surface area contributed by atoms with Crippen LogP contribution in [0, 0.1) is 22.7 Å². The highest BCUT2D eigenvalue weighted by Crippen LogP contribution is 2.53. The van der Waals surface area contributed by atoms with Gasteiger partial charge in [-0.2, -0.15) is 0 Å². The van der Waals surface area contributed by atoms with Gasteiger partial charge in [0, 0.05) is 6.42 Å². The second-order valence-electron chi connectivity index (χ2n) is 10.6. The lowest BCUT2D eigenvalue weighted by Crippen LogP contribution is -2.46. The van der Waals surface area contributed by atoms with Crippen LogP contribution in [0.15, 0.2) is 0 Å². The molecule has 0 aromatic rings. The van der Waals surface area contributed by atoms with Gasteiger partial charge < -0.3 is 20.4 Å². The van der Waals surface area contributed by atoms with E-state index in [4.69, 9.17) is 5.11 Å². The minimum Gasteiger partial charge on any atom is -0.481 e. The summed E-state index contributed by atoms with van der Waals surface area (Å²) in [6, 6.07) is 0. The number of hydrogen-bond acceptors (Lipinski definition) is 5. The predicted molar refractivity (Wildman–Crippen MR) is 144 cm³/mol. The molecule has 0 heterocycles. The van der Waals surface area contributed by atoms with E-state index in [0.717, 1.165) is 19.3 Å². The molecule has 9 nitrogen and oxygen atoms in total. The number of hydrogen-bond donors (Lipinski definition) is 4. The van der Waals surface area contributed by atoms with Crippen LogP contribution >= 0.6 is 0 Å². The van der Waals surface area contributed by atoms with Gasteiger partial charge in [-0.05, 0) is 56.8 Å². The monoisotopic (exact) mass is 542 g/mol. The van der Waals surface area contributed by atoms with Crippen LogP contribution in [-0.2, 0) is 24.0 Å². The molecule has 0 aliphatic carbocycles. The summed E-state index contributed by atoms with van der Waals surface area (Å²) in [4.78, 5) is 59.3. The van der Waals surface area contributed by atoms with Gasteiger partial charge in [-0.15, -0.1) is 0 Å². The fourth-order valence-electron chi connectivity index (χ4n) is 6.21. The van der Waals surface area contributed by atoms with Crippen molar-refractivity contribution in [1.29, 1.82) is 0 Å². The summed E-state index contributed by atoms with van der Waals surface area (Å²) in [6.45, 7) is 7.87. The van der Waals surface area contributed by atoms with E-state index in [0.29, 0.717) is 64.2 Å². The SMILES string of the molecule is CCC(CC)(CCCCCC(C(=O)O)C(=O)C(CCCCCCCC(=O)O)C(=O)O)C(CC)(CC)C(=O)O. The maximum atomic E-state index is 12.9. The molecule has 4 N–H and O–H groups in total. The molecule has 0 saturated heterocycles. The molecule has 0 aliphatic rings. The van der Waals surface area contributed by atoms with E-state index in [1.165, 1.54) is 0 Å². The van der Waals surface area contributed by atoms with E-state index < -0.39 is 46.9 Å². The Labute approximate surface area is 227 Å². The molecular weight excluding hydrogens is 492 g/mol. The number of rotatable bonds is 24. The van der Waals surface area contributed by atoms with Crippen LogP contribution in [0.1, 0.15) is 130 Å². The highest BCUT2D eigenvalue weighted by Gasteiger charge is 2.51. The zero-order chi connectivity index (χ0) is 29.4. The molecule has 0 fully saturated rings. The van der Waals surface area contributed by atoms with Gasteiger partial charge in [-0.1, -0.05) is 72.6 Å². The first-order valence-electron chi connectivity index (χ1n) is 14.3. The smallest absolute Gasteiger partial charge is 0.314 e. The molecule has 0 radical (unpaired) electrons. The molecule has 2 atom stereocenters. The standard InChI is InChI=1S/C29H50O9/c1-5-28(6-2,29(7-3,8-4)27(37)38)20-16-12-14-18-22(26(35)36)24(32)21(25(33)34)17-13-10-9-11-15-19-23(30)31/h21-22H,5-20H2,1-4H3,(H,30,31)(H,33,34)(H,35,36)(H,37,38). The number of ketones is 1. The Hall–Kier alpha value is -2.45. The Morgan fingerprint density at radius 1 is 0.579 bits per heavy atom. The third kappa shape index (κ3) is 10.0. The van der Waals surface area contributed by atoms with Crippen molar-refractivity contribution in [1.82, 2.24) is 0 Å². The molecule has 220 valence electrons. The number of unbranched alkanes of at least 4 members (excludes halogenated alkanes) is 6. The van der Waals surface area contributed by atoms with Gasteiger partial charge in [-0.25, -0.2) is 0 Å². The maximum Gasteiger partial charge on any atom is 0.314 e. The molecular formula is C29H50O9. The number of Topliss-reactive ketones (excluding diaryl/α,β-unsaturated/α-hetero) is 1. The van der Waals surface area contributed by atoms with Gasteiger partial charge in [0.15, 0.2) is 5.78 Å². The predicted octanol–water partition coefficient (Wildman–Crippen LogP) is 6.42. The lowest BCUT2D eigenvalue weighted by atomic mass is 9.55. The van der Waals surface area contributed by atoms with Gasteiger partial charge >= 0.3 is 23.9 Å². The van der Waals surface area contributed by atoms with E-state index in [9.17, 15) is 39.3 Å². The Bertz CT molecular complexity index is 766. The van der Waals surface area contributed by atoms with E-state index >= 15 is 0 Å². The van der Waals surface area contributed by atoms with Gasteiger partial charge in [0.05, 0.1) is 5.41 Å². The molecule has 2 unspecified atom stereocenters. The Morgan fingerprint density at radius 3 is 1.37 bits per heavy atom. The van der Waals surface area contributed by atoms with Crippen molar-refractivity contribution in [3.05, 3.63) is 0 Å². The largest absolute Gasteiger partial charge is 0.481 e. The number of carboxylic acids is 4. The second kappa shape index (κ2) is 17.9. The molecule has 38 heavy (non-hydrogen) atoms. The fourth-order valence-corrected chi connectivity index (χ4v) is 6.21. The molecule has 0 aliphatic heterocycles. The van der Waals surface area contributed by atoms with Crippen molar-refractivity contribution in [2.45, 2.75) is 130 Å². The summed E-state index contributed by atoms with van der Waals surface area (Å²) in [5, 5.41) is 38.0. The molecule has 0 rings (SSSR count). The van der Waals surface area contributed by atoms with Gasteiger partial charge in [0.1, 0.15) is 11.8 Å². The Kier molecular flexibility index (Phi) is 16.8. The van der Waals surface area contributed by atoms with E-state index in [1.54, 1.807) is 0 Å². The third-order valence-corrected chi connectivity index (χ3v) is 8.80. The first kappa shape index (κ1) is 35.5. The highest BCUT2D eigenvalue weighted by molar-refractivity contribution is 6.07. The van der Waals surface area contributed by atoms with Crippen molar-refractivity contribution in [2.75, 3.05) is 0 Å². The molecule has 0 aromatic heterocycles. The van der Waals surface area contributed by atoms with Crippen LogP contribution < -0.4 is 0 Å². The number of carboxylic acid groups (broad SMARTS) is 4. The summed E-state index contributed by atoms with van der Waals surface area (Å²) in [5.41, 5.74) is -1.19. The van der Waals surface area contributed by atoms with Crippen LogP contribution in [0.5, 0.6) is 0 Å². The summed E-state index contributed by atoms with van der Waals surface area (Å²) >= 11 is 0. The van der Waals surface area contributed by atoms with Crippen molar-refractivity contribution < 1.29 is 44.4 Å². The fraction of sp³-hybridized carbons (Fsp3) is 0.828. The zero-order valence-electron chi connectivity index (χ0n) is 23.8. The normalized spacial score (nSPS) is 13.6. The molecule has 0 aromatic carbocycles. The minimum absolute atomic E-state index is 0.0595. The number of carbonyl (C=O) groups excluding carboxylic acids is 1. The van der Waals surface area contributed by atoms with Gasteiger partial charge in [0.25, 0.3) is 0 Å². The quantitative estimate of drug-likeness (QED) is 0.0794. The van der Waals surface area contributed by atoms with Crippen LogP contribution in [0.4, 0.5) is 0 Å². The molecule has 0 saturated carbocycles. The molecule has 9 heteroatoms. The Balaban J connectivity index is 5.01. The summed E-state index contributed by atoms with van der Waals surface area (Å²) < 4.78 is 0. The number of carbonyl (C=O) groups is 5. The first-order chi connectivity index (χ1) is 17.9. The van der Waals surface area contributed by atoms with Crippen LogP contribution in [0.3, 0.4) is 0 Å². The van der Waals surface area contributed by atoms with E-state index in [2.05, 4.69) is 0 Å². The van der Waals surface area contributed by atoms with Crippen LogP contribution in [0.25, 0.3) is 0 Å². The highest BCUT2D eigenvalue weighted by atomic mass is 16.4. The van der Waals surface area contributed by atoms with Crippen molar-refractivity contribution in [3.8, 4) is 0 Å². The third-order valence-electron chi connectivity index (χ3n) is 8.80. The van der Waals surface area contributed by atoms with Gasteiger partial charge in [-0.3, -0.25) is 24.0 Å². The lowest BCUT2D eigenvalue weighted by Gasteiger charge is -2.47. The average Bonchev–Trinajstić information content (AvgIpc) is 2.86. The Morgan fingerprint density at radius 2 is 1.00 bits per heavy atom. The first-order valence-corrected chi connectivity index (χ1v) is 14.3. The van der Waals surface area contributed by atoms with E-state index in [1.807, 2.05) is 27.7 Å². The second-order valence-corrected chi connectivity index (χ2v) is 10.6. The van der Waals surface area contributed by atoms with Crippen LogP contribution in [-0.4, -0.2) is 50.1 Å². The average molecular weight is 543 g/mol. The van der Waals surface area contributed by atoms with Crippen molar-refractivity contribution in [2.24, 2.45) is 22.7 Å². The summed E-state index contributed by atoms with van der Waals surface area (Å²) in [7, 11) is 0. The lowest BCUT2D eigenvalue weighted by molar-refractivity contribution is -0.162. The minimum atomic E-state index is -1.38. The van der Waals surface area contributed by atoms with Crippen LogP contribution in [0.2, 0.25) is 0 Å². The van der Waals surface area contributed by atoms with E-state index in [-0.39, 0.29) is 24.7 Å². The molecule has 0 amide bonds. The molecule has 0 spiro atoms. The maximum absolute atomic E-state index is 12.9. The topological polar surface area (TPSA) is 166 Å². The van der Waals surface area contributed by atoms with Crippen molar-refractivity contribution in [3.63, 3.8) is 0 Å².